The predicted molar refractivity (Wildman–Crippen MR) is 100 cm³/mol. The molecule has 2 fully saturated rings. The Bertz CT molecular complexity index is 648. The van der Waals surface area contributed by atoms with Crippen LogP contribution < -0.4 is 4.90 Å². The first kappa shape index (κ1) is 17.1. The van der Waals surface area contributed by atoms with Gasteiger partial charge in [0.05, 0.1) is 4.91 Å². The molecule has 24 heavy (non-hydrogen) atoms. The smallest absolute Gasteiger partial charge is 0.293 e. The zero-order chi connectivity index (χ0) is 17.1. The number of imide groups is 1. The minimum atomic E-state index is -0.167. The molecule has 0 N–H and O–H groups in total. The van der Waals surface area contributed by atoms with Crippen molar-refractivity contribution in [3.8, 4) is 0 Å². The number of rotatable bonds is 4. The summed E-state index contributed by atoms with van der Waals surface area (Å²) in [6, 6.07) is 8.22. The van der Waals surface area contributed by atoms with Crippen LogP contribution >= 0.6 is 11.8 Å². The summed E-state index contributed by atoms with van der Waals surface area (Å²) in [6.45, 7) is 6.13. The standard InChI is InChI=1S/C19H24N2O2S/c1-3-14(2)21-18(22)17(24-19(21)23)13-15-7-9-16(10-8-15)20-11-5-4-6-12-20/h7-10,13-14H,3-6,11-12H2,1-2H3/b17-13+/t14-/m0/s1. The van der Waals surface area contributed by atoms with Gasteiger partial charge in [-0.3, -0.25) is 14.5 Å². The van der Waals surface area contributed by atoms with Gasteiger partial charge in [-0.25, -0.2) is 0 Å². The normalized spacial score (nSPS) is 21.7. The number of thioether (sulfide) groups is 1. The van der Waals surface area contributed by atoms with E-state index in [4.69, 9.17) is 0 Å². The SMILES string of the molecule is CC[C@H](C)N1C(=O)S/C(=C/c2ccc(N3CCCCC3)cc2)C1=O. The third-order valence-corrected chi connectivity index (χ3v) is 5.65. The van der Waals surface area contributed by atoms with Gasteiger partial charge in [-0.15, -0.1) is 0 Å². The highest BCUT2D eigenvalue weighted by Gasteiger charge is 2.37. The number of piperidine rings is 1. The Morgan fingerprint density at radius 2 is 1.79 bits per heavy atom. The van der Waals surface area contributed by atoms with Gasteiger partial charge in [0.2, 0.25) is 0 Å². The van der Waals surface area contributed by atoms with Gasteiger partial charge in [0.15, 0.2) is 0 Å². The molecule has 0 unspecified atom stereocenters. The number of nitrogens with zero attached hydrogens (tertiary/aromatic N) is 2. The Balaban J connectivity index is 1.74. The van der Waals surface area contributed by atoms with Crippen LogP contribution in [0.4, 0.5) is 10.5 Å². The zero-order valence-corrected chi connectivity index (χ0v) is 15.1. The summed E-state index contributed by atoms with van der Waals surface area (Å²) >= 11 is 1.04. The van der Waals surface area contributed by atoms with Crippen molar-refractivity contribution in [1.82, 2.24) is 4.90 Å². The molecule has 0 spiro atoms. The first-order valence-corrected chi connectivity index (χ1v) is 9.54. The summed E-state index contributed by atoms with van der Waals surface area (Å²) < 4.78 is 0. The maximum Gasteiger partial charge on any atom is 0.293 e. The third kappa shape index (κ3) is 3.51. The van der Waals surface area contributed by atoms with Crippen LogP contribution in [-0.2, 0) is 4.79 Å². The highest BCUT2D eigenvalue weighted by atomic mass is 32.2. The van der Waals surface area contributed by atoms with Crippen LogP contribution in [0.15, 0.2) is 29.2 Å². The molecule has 0 bridgehead atoms. The first-order valence-electron chi connectivity index (χ1n) is 8.72. The van der Waals surface area contributed by atoms with E-state index in [9.17, 15) is 9.59 Å². The lowest BCUT2D eigenvalue weighted by atomic mass is 10.1. The minimum Gasteiger partial charge on any atom is -0.372 e. The van der Waals surface area contributed by atoms with E-state index in [1.54, 1.807) is 0 Å². The van der Waals surface area contributed by atoms with Crippen LogP contribution in [0.3, 0.4) is 0 Å². The predicted octanol–water partition coefficient (Wildman–Crippen LogP) is 4.51. The number of hydrogen-bond acceptors (Lipinski definition) is 4. The topological polar surface area (TPSA) is 40.6 Å². The van der Waals surface area contributed by atoms with Gasteiger partial charge in [-0.2, -0.15) is 0 Å². The molecule has 2 saturated heterocycles. The summed E-state index contributed by atoms with van der Waals surface area (Å²) in [5, 5.41) is -0.162. The lowest BCUT2D eigenvalue weighted by molar-refractivity contribution is -0.124. The summed E-state index contributed by atoms with van der Waals surface area (Å²) in [4.78, 5) is 28.8. The number of amides is 2. The van der Waals surface area contributed by atoms with Crippen LogP contribution in [0.5, 0.6) is 0 Å². The summed E-state index contributed by atoms with van der Waals surface area (Å²) in [5.41, 5.74) is 2.20. The van der Waals surface area contributed by atoms with Crippen molar-refractivity contribution < 1.29 is 9.59 Å². The molecule has 4 nitrogen and oxygen atoms in total. The van der Waals surface area contributed by atoms with E-state index in [1.165, 1.54) is 29.8 Å². The van der Waals surface area contributed by atoms with E-state index < -0.39 is 0 Å². The first-order chi connectivity index (χ1) is 11.6. The maximum atomic E-state index is 12.4. The summed E-state index contributed by atoms with van der Waals surface area (Å²) in [7, 11) is 0. The minimum absolute atomic E-state index is 0.0510. The van der Waals surface area contributed by atoms with E-state index in [0.29, 0.717) is 4.91 Å². The molecule has 1 atom stereocenters. The van der Waals surface area contributed by atoms with Gasteiger partial charge in [0, 0.05) is 24.8 Å². The van der Waals surface area contributed by atoms with Crippen molar-refractivity contribution in [2.45, 2.75) is 45.6 Å². The van der Waals surface area contributed by atoms with E-state index in [-0.39, 0.29) is 17.2 Å². The van der Waals surface area contributed by atoms with E-state index in [1.807, 2.05) is 32.1 Å². The molecular formula is C19H24N2O2S. The van der Waals surface area contributed by atoms with Crippen LogP contribution in [0.2, 0.25) is 0 Å². The number of hydrogen-bond donors (Lipinski definition) is 0. The number of carbonyl (C=O) groups excluding carboxylic acids is 2. The molecule has 3 rings (SSSR count). The number of anilines is 1. The molecule has 1 aromatic rings. The number of benzene rings is 1. The molecule has 2 heterocycles. The molecule has 2 amide bonds. The van der Waals surface area contributed by atoms with E-state index in [0.717, 1.165) is 36.8 Å². The monoisotopic (exact) mass is 344 g/mol. The second kappa shape index (κ2) is 7.43. The van der Waals surface area contributed by atoms with Crippen LogP contribution in [0.25, 0.3) is 6.08 Å². The number of carbonyl (C=O) groups is 2. The lowest BCUT2D eigenvalue weighted by Crippen LogP contribution is -2.36. The maximum absolute atomic E-state index is 12.4. The van der Waals surface area contributed by atoms with Crippen molar-refractivity contribution in [1.29, 1.82) is 0 Å². The highest BCUT2D eigenvalue weighted by molar-refractivity contribution is 8.18. The average Bonchev–Trinajstić information content (AvgIpc) is 2.89. The molecule has 0 saturated carbocycles. The Morgan fingerprint density at radius 1 is 1.12 bits per heavy atom. The quantitative estimate of drug-likeness (QED) is 0.754. The molecule has 128 valence electrons. The van der Waals surface area contributed by atoms with Crippen LogP contribution in [0, 0.1) is 0 Å². The van der Waals surface area contributed by atoms with Crippen molar-refractivity contribution in [2.75, 3.05) is 18.0 Å². The van der Waals surface area contributed by atoms with Crippen LogP contribution in [-0.4, -0.2) is 35.2 Å². The molecular weight excluding hydrogens is 320 g/mol. The Labute approximate surface area is 147 Å². The summed E-state index contributed by atoms with van der Waals surface area (Å²) in [6.07, 6.45) is 6.43. The van der Waals surface area contributed by atoms with Gasteiger partial charge in [0.25, 0.3) is 11.1 Å². The van der Waals surface area contributed by atoms with Crippen molar-refractivity contribution in [3.63, 3.8) is 0 Å². The largest absolute Gasteiger partial charge is 0.372 e. The van der Waals surface area contributed by atoms with E-state index in [2.05, 4.69) is 17.0 Å². The highest BCUT2D eigenvalue weighted by Crippen LogP contribution is 2.34. The average molecular weight is 344 g/mol. The Kier molecular flexibility index (Phi) is 5.29. The van der Waals surface area contributed by atoms with E-state index >= 15 is 0 Å². The molecule has 1 aromatic carbocycles. The molecule has 2 aliphatic rings. The molecule has 0 aliphatic carbocycles. The van der Waals surface area contributed by atoms with Gasteiger partial charge in [-0.1, -0.05) is 19.1 Å². The fourth-order valence-corrected chi connectivity index (χ4v) is 4.06. The second-order valence-electron chi connectivity index (χ2n) is 6.45. The molecule has 5 heteroatoms. The van der Waals surface area contributed by atoms with Crippen molar-refractivity contribution in [2.24, 2.45) is 0 Å². The van der Waals surface area contributed by atoms with Crippen molar-refractivity contribution >= 4 is 34.7 Å². The van der Waals surface area contributed by atoms with Gasteiger partial charge in [-0.05, 0) is 68.1 Å². The van der Waals surface area contributed by atoms with Crippen LogP contribution in [0.1, 0.15) is 45.1 Å². The lowest BCUT2D eigenvalue weighted by Gasteiger charge is -2.28. The molecule has 2 aliphatic heterocycles. The zero-order valence-electron chi connectivity index (χ0n) is 14.3. The third-order valence-electron chi connectivity index (χ3n) is 4.77. The van der Waals surface area contributed by atoms with Gasteiger partial charge < -0.3 is 4.90 Å². The summed E-state index contributed by atoms with van der Waals surface area (Å²) in [5.74, 6) is -0.167. The van der Waals surface area contributed by atoms with Gasteiger partial charge >= 0.3 is 0 Å². The molecule has 0 aromatic heterocycles. The molecule has 0 radical (unpaired) electrons. The fourth-order valence-electron chi connectivity index (χ4n) is 3.13. The van der Waals surface area contributed by atoms with Gasteiger partial charge in [0.1, 0.15) is 0 Å². The second-order valence-corrected chi connectivity index (χ2v) is 7.44. The Hall–Kier alpha value is -1.75. The Morgan fingerprint density at radius 3 is 2.42 bits per heavy atom. The van der Waals surface area contributed by atoms with Crippen molar-refractivity contribution in [3.05, 3.63) is 34.7 Å². The fraction of sp³-hybridized carbons (Fsp3) is 0.474.